The molecule has 1 heterocycles. The number of piperazine rings is 1. The average molecular weight is 331 g/mol. The Hall–Kier alpha value is -1.59. The van der Waals surface area contributed by atoms with Crippen LogP contribution < -0.4 is 10.2 Å². The van der Waals surface area contributed by atoms with E-state index in [1.165, 1.54) is 18.5 Å². The van der Waals surface area contributed by atoms with Crippen molar-refractivity contribution in [2.75, 3.05) is 56.7 Å². The first kappa shape index (κ1) is 17.2. The zero-order chi connectivity index (χ0) is 16.9. The monoisotopic (exact) mass is 331 g/mol. The molecule has 2 fully saturated rings. The fraction of sp³-hybridized carbons (Fsp3) is 0.632. The van der Waals surface area contributed by atoms with Gasteiger partial charge in [-0.05, 0) is 43.0 Å². The number of rotatable bonds is 7. The van der Waals surface area contributed by atoms with E-state index in [0.717, 1.165) is 45.0 Å². The van der Waals surface area contributed by atoms with Gasteiger partial charge >= 0.3 is 0 Å². The number of nitrogens with one attached hydrogen (secondary N) is 1. The van der Waals surface area contributed by atoms with E-state index in [1.54, 1.807) is 7.11 Å². The summed E-state index contributed by atoms with van der Waals surface area (Å²) in [4.78, 5) is 17.0. The summed E-state index contributed by atoms with van der Waals surface area (Å²) in [7, 11) is 1.75. The first-order chi connectivity index (χ1) is 11.7. The molecule has 0 radical (unpaired) electrons. The first-order valence-corrected chi connectivity index (χ1v) is 9.04. The van der Waals surface area contributed by atoms with Crippen molar-refractivity contribution in [2.24, 2.45) is 11.8 Å². The van der Waals surface area contributed by atoms with Gasteiger partial charge in [-0.2, -0.15) is 0 Å². The third kappa shape index (κ3) is 4.48. The molecule has 1 aliphatic carbocycles. The molecule has 2 aliphatic rings. The SMILES string of the molecule is COCCN1CCN(c2ccc(NC(=O)C(C)C3CC3)cc2)CC1. The molecule has 1 saturated carbocycles. The minimum atomic E-state index is 0.129. The Morgan fingerprint density at radius 1 is 1.21 bits per heavy atom. The third-order valence-corrected chi connectivity index (χ3v) is 5.23. The summed E-state index contributed by atoms with van der Waals surface area (Å²) in [6.07, 6.45) is 2.40. The third-order valence-electron chi connectivity index (χ3n) is 5.23. The number of methoxy groups -OCH3 is 1. The maximum Gasteiger partial charge on any atom is 0.227 e. The molecule has 132 valence electrons. The van der Waals surface area contributed by atoms with Crippen LogP contribution in [0.2, 0.25) is 0 Å². The maximum atomic E-state index is 12.2. The van der Waals surface area contributed by atoms with Gasteiger partial charge in [0.15, 0.2) is 0 Å². The topological polar surface area (TPSA) is 44.8 Å². The highest BCUT2D eigenvalue weighted by atomic mass is 16.5. The molecule has 1 aliphatic heterocycles. The molecule has 1 atom stereocenters. The van der Waals surface area contributed by atoms with E-state index in [0.29, 0.717) is 5.92 Å². The minimum absolute atomic E-state index is 0.129. The Morgan fingerprint density at radius 3 is 2.46 bits per heavy atom. The van der Waals surface area contributed by atoms with Crippen LogP contribution in [0.15, 0.2) is 24.3 Å². The highest BCUT2D eigenvalue weighted by molar-refractivity contribution is 5.92. The van der Waals surface area contributed by atoms with Crippen molar-refractivity contribution in [2.45, 2.75) is 19.8 Å². The van der Waals surface area contributed by atoms with Crippen LogP contribution in [-0.4, -0.2) is 57.2 Å². The number of benzene rings is 1. The van der Waals surface area contributed by atoms with Crippen molar-refractivity contribution in [1.82, 2.24) is 4.90 Å². The lowest BCUT2D eigenvalue weighted by molar-refractivity contribution is -0.119. The molecular formula is C19H29N3O2. The van der Waals surface area contributed by atoms with Crippen LogP contribution >= 0.6 is 0 Å². The number of ether oxygens (including phenoxy) is 1. The summed E-state index contributed by atoms with van der Waals surface area (Å²) in [5.41, 5.74) is 2.13. The van der Waals surface area contributed by atoms with Gasteiger partial charge in [-0.25, -0.2) is 0 Å². The number of carbonyl (C=O) groups is 1. The van der Waals surface area contributed by atoms with E-state index < -0.39 is 0 Å². The van der Waals surface area contributed by atoms with Crippen LogP contribution in [0.3, 0.4) is 0 Å². The molecule has 0 bridgehead atoms. The lowest BCUT2D eigenvalue weighted by atomic mass is 10.1. The van der Waals surface area contributed by atoms with E-state index >= 15 is 0 Å². The molecule has 1 N–H and O–H groups in total. The molecule has 3 rings (SSSR count). The van der Waals surface area contributed by atoms with Gasteiger partial charge in [0.05, 0.1) is 6.61 Å². The molecule has 0 aromatic heterocycles. The lowest BCUT2D eigenvalue weighted by Gasteiger charge is -2.36. The molecule has 24 heavy (non-hydrogen) atoms. The Morgan fingerprint density at radius 2 is 1.88 bits per heavy atom. The molecule has 5 heteroatoms. The van der Waals surface area contributed by atoms with Gasteiger partial charge in [0.25, 0.3) is 0 Å². The van der Waals surface area contributed by atoms with Gasteiger partial charge in [-0.1, -0.05) is 6.92 Å². The van der Waals surface area contributed by atoms with Crippen molar-refractivity contribution in [3.8, 4) is 0 Å². The number of amides is 1. The minimum Gasteiger partial charge on any atom is -0.383 e. The zero-order valence-corrected chi connectivity index (χ0v) is 14.8. The quantitative estimate of drug-likeness (QED) is 0.833. The molecule has 1 unspecified atom stereocenters. The van der Waals surface area contributed by atoms with Crippen LogP contribution in [0.5, 0.6) is 0 Å². The summed E-state index contributed by atoms with van der Waals surface area (Å²) >= 11 is 0. The molecule has 1 saturated heterocycles. The van der Waals surface area contributed by atoms with E-state index in [4.69, 9.17) is 4.74 Å². The van der Waals surface area contributed by atoms with Gasteiger partial charge in [0.2, 0.25) is 5.91 Å². The summed E-state index contributed by atoms with van der Waals surface area (Å²) in [5.74, 6) is 0.875. The molecule has 1 aromatic rings. The highest BCUT2D eigenvalue weighted by Gasteiger charge is 2.32. The Kier molecular flexibility index (Phi) is 5.74. The van der Waals surface area contributed by atoms with Crippen molar-refractivity contribution in [3.63, 3.8) is 0 Å². The van der Waals surface area contributed by atoms with Gasteiger partial charge in [0, 0.05) is 57.1 Å². The second-order valence-electron chi connectivity index (χ2n) is 6.98. The van der Waals surface area contributed by atoms with Crippen LogP contribution in [0.1, 0.15) is 19.8 Å². The van der Waals surface area contributed by atoms with E-state index in [-0.39, 0.29) is 11.8 Å². The Labute approximate surface area is 145 Å². The van der Waals surface area contributed by atoms with Crippen molar-refractivity contribution in [3.05, 3.63) is 24.3 Å². The number of carbonyl (C=O) groups excluding carboxylic acids is 1. The van der Waals surface area contributed by atoms with Crippen molar-refractivity contribution < 1.29 is 9.53 Å². The molecular weight excluding hydrogens is 302 g/mol. The standard InChI is InChI=1S/C19H29N3O2/c1-15(16-3-4-16)19(23)20-17-5-7-18(8-6-17)22-11-9-21(10-12-22)13-14-24-2/h5-8,15-16H,3-4,9-14H2,1-2H3,(H,20,23). The molecule has 1 amide bonds. The van der Waals surface area contributed by atoms with Gasteiger partial charge in [-0.3, -0.25) is 9.69 Å². The Balaban J connectivity index is 1.48. The summed E-state index contributed by atoms with van der Waals surface area (Å²) in [6.45, 7) is 8.05. The highest BCUT2D eigenvalue weighted by Crippen LogP contribution is 2.37. The molecule has 1 aromatic carbocycles. The second kappa shape index (κ2) is 7.99. The predicted molar refractivity (Wildman–Crippen MR) is 97.5 cm³/mol. The molecule has 5 nitrogen and oxygen atoms in total. The van der Waals surface area contributed by atoms with Crippen LogP contribution in [0.25, 0.3) is 0 Å². The van der Waals surface area contributed by atoms with Gasteiger partial charge < -0.3 is 15.0 Å². The fourth-order valence-electron chi connectivity index (χ4n) is 3.27. The van der Waals surface area contributed by atoms with E-state index in [2.05, 4.69) is 27.2 Å². The second-order valence-corrected chi connectivity index (χ2v) is 6.98. The van der Waals surface area contributed by atoms with Crippen molar-refractivity contribution >= 4 is 17.3 Å². The van der Waals surface area contributed by atoms with E-state index in [1.807, 2.05) is 19.1 Å². The van der Waals surface area contributed by atoms with Gasteiger partial charge in [-0.15, -0.1) is 0 Å². The van der Waals surface area contributed by atoms with Crippen LogP contribution in [0, 0.1) is 11.8 Å². The predicted octanol–water partition coefficient (Wildman–Crippen LogP) is 2.44. The largest absolute Gasteiger partial charge is 0.383 e. The van der Waals surface area contributed by atoms with Crippen LogP contribution in [0.4, 0.5) is 11.4 Å². The fourth-order valence-corrected chi connectivity index (χ4v) is 3.27. The Bertz CT molecular complexity index is 534. The summed E-state index contributed by atoms with van der Waals surface area (Å²) in [5, 5.41) is 3.04. The number of hydrogen-bond donors (Lipinski definition) is 1. The average Bonchev–Trinajstić information content (AvgIpc) is 3.45. The normalized spacial score (nSPS) is 20.0. The number of anilines is 2. The smallest absolute Gasteiger partial charge is 0.227 e. The maximum absolute atomic E-state index is 12.2. The van der Waals surface area contributed by atoms with E-state index in [9.17, 15) is 4.79 Å². The molecule has 0 spiro atoms. The van der Waals surface area contributed by atoms with Crippen molar-refractivity contribution in [1.29, 1.82) is 0 Å². The summed E-state index contributed by atoms with van der Waals surface area (Å²) in [6, 6.07) is 8.26. The number of hydrogen-bond acceptors (Lipinski definition) is 4. The first-order valence-electron chi connectivity index (χ1n) is 9.04. The van der Waals surface area contributed by atoms with Gasteiger partial charge in [0.1, 0.15) is 0 Å². The number of nitrogens with zero attached hydrogens (tertiary/aromatic N) is 2. The summed E-state index contributed by atoms with van der Waals surface area (Å²) < 4.78 is 5.15. The van der Waals surface area contributed by atoms with Crippen LogP contribution in [-0.2, 0) is 9.53 Å². The zero-order valence-electron chi connectivity index (χ0n) is 14.8. The lowest BCUT2D eigenvalue weighted by Crippen LogP contribution is -2.47.